The summed E-state index contributed by atoms with van der Waals surface area (Å²) in [5, 5.41) is 12.0. The van der Waals surface area contributed by atoms with E-state index in [2.05, 4.69) is 26.3 Å². The van der Waals surface area contributed by atoms with Crippen molar-refractivity contribution in [2.45, 2.75) is 96.9 Å². The van der Waals surface area contributed by atoms with Crippen LogP contribution in [0.25, 0.3) is 10.9 Å². The molecule has 0 unspecified atom stereocenters. The number of hydrogen-bond acceptors (Lipinski definition) is 7. The third-order valence-corrected chi connectivity index (χ3v) is 8.71. The lowest BCUT2D eigenvalue weighted by molar-refractivity contribution is -0.147. The van der Waals surface area contributed by atoms with Gasteiger partial charge in [0.15, 0.2) is 0 Å². The maximum atomic E-state index is 14.1. The van der Waals surface area contributed by atoms with Crippen LogP contribution >= 0.6 is 0 Å². The number of fused-ring (bicyclic) bond motifs is 2. The van der Waals surface area contributed by atoms with Crippen molar-refractivity contribution in [3.05, 3.63) is 35.5 Å². The number of aromatic nitrogens is 1. The molecular formula is C33H46N6O7. The summed E-state index contributed by atoms with van der Waals surface area (Å²) < 4.78 is 4.83. The van der Waals surface area contributed by atoms with E-state index in [4.69, 9.17) is 4.74 Å². The monoisotopic (exact) mass is 638 g/mol. The average molecular weight is 639 g/mol. The van der Waals surface area contributed by atoms with Crippen LogP contribution in [-0.4, -0.2) is 89.3 Å². The van der Waals surface area contributed by atoms with Crippen molar-refractivity contribution >= 4 is 46.4 Å². The van der Waals surface area contributed by atoms with Gasteiger partial charge in [-0.3, -0.25) is 28.8 Å². The molecule has 2 aromatic rings. The minimum Gasteiger partial charge on any atom is -0.469 e. The second kappa shape index (κ2) is 14.8. The number of nitrogens with zero attached hydrogens (tertiary/aromatic N) is 1. The summed E-state index contributed by atoms with van der Waals surface area (Å²) in [6.07, 6.45) is 0.744. The van der Waals surface area contributed by atoms with E-state index >= 15 is 0 Å². The first-order valence-corrected chi connectivity index (χ1v) is 16.0. The van der Waals surface area contributed by atoms with Gasteiger partial charge in [-0.25, -0.2) is 0 Å². The van der Waals surface area contributed by atoms with Gasteiger partial charge in [0, 0.05) is 29.6 Å². The lowest BCUT2D eigenvalue weighted by Crippen LogP contribution is -2.59. The maximum absolute atomic E-state index is 14.1. The topological polar surface area (TPSA) is 179 Å². The second-order valence-corrected chi connectivity index (χ2v) is 13.0. The summed E-state index contributed by atoms with van der Waals surface area (Å²) in [7, 11) is 1.18. The molecule has 250 valence electrons. The van der Waals surface area contributed by atoms with Gasteiger partial charge < -0.3 is 35.9 Å². The molecule has 2 fully saturated rings. The number of aromatic amines is 1. The Labute approximate surface area is 268 Å². The number of rotatable bonds is 7. The highest BCUT2D eigenvalue weighted by Gasteiger charge is 2.41. The molecule has 3 heterocycles. The van der Waals surface area contributed by atoms with Crippen molar-refractivity contribution < 1.29 is 33.5 Å². The summed E-state index contributed by atoms with van der Waals surface area (Å²) >= 11 is 0. The summed E-state index contributed by atoms with van der Waals surface area (Å²) in [5.41, 5.74) is 2.46. The number of benzene rings is 1. The zero-order valence-corrected chi connectivity index (χ0v) is 27.4. The van der Waals surface area contributed by atoms with Crippen molar-refractivity contribution in [3.63, 3.8) is 0 Å². The molecule has 0 aliphatic carbocycles. The largest absolute Gasteiger partial charge is 0.469 e. The second-order valence-electron chi connectivity index (χ2n) is 13.0. The Morgan fingerprint density at radius 3 is 2.22 bits per heavy atom. The zero-order valence-electron chi connectivity index (χ0n) is 27.4. The molecule has 5 amide bonds. The van der Waals surface area contributed by atoms with E-state index in [0.29, 0.717) is 12.8 Å². The van der Waals surface area contributed by atoms with Gasteiger partial charge in [0.1, 0.15) is 30.2 Å². The highest BCUT2D eigenvalue weighted by molar-refractivity contribution is 5.99. The fourth-order valence-electron chi connectivity index (χ4n) is 6.26. The quantitative estimate of drug-likeness (QED) is 0.283. The van der Waals surface area contributed by atoms with Crippen molar-refractivity contribution in [2.24, 2.45) is 11.8 Å². The predicted molar refractivity (Wildman–Crippen MR) is 170 cm³/mol. The lowest BCUT2D eigenvalue weighted by atomic mass is 9.98. The first-order chi connectivity index (χ1) is 21.8. The van der Waals surface area contributed by atoms with Crippen LogP contribution in [-0.2, 0) is 39.9 Å². The number of carbonyl (C=O) groups is 6. The number of amides is 5. The Morgan fingerprint density at radius 2 is 1.54 bits per heavy atom. The Morgan fingerprint density at radius 1 is 0.891 bits per heavy atom. The number of para-hydroxylation sites is 1. The van der Waals surface area contributed by atoms with Crippen LogP contribution in [0.4, 0.5) is 0 Å². The molecule has 0 bridgehead atoms. The molecule has 13 nitrogen and oxygen atoms in total. The van der Waals surface area contributed by atoms with Crippen LogP contribution in [0.2, 0.25) is 0 Å². The number of ether oxygens (including phenoxy) is 1. The molecule has 2 saturated heterocycles. The molecule has 1 aromatic carbocycles. The summed E-state index contributed by atoms with van der Waals surface area (Å²) in [6.45, 7) is 9.48. The molecule has 2 aliphatic rings. The third-order valence-electron chi connectivity index (χ3n) is 8.71. The van der Waals surface area contributed by atoms with E-state index in [0.717, 1.165) is 22.2 Å². The molecule has 4 rings (SSSR count). The highest BCUT2D eigenvalue weighted by atomic mass is 16.5. The fraction of sp³-hybridized carbons (Fsp3) is 0.576. The standard InChI is InChI=1S/C33H46N6O7/c1-17(2)14-23-29(41)35-24(15-21-19(5)34-22-11-8-7-10-20(21)22)30(42)37-25(16-27(40)46-6)33(45)39-13-9-12-26(39)31(43)38-28(18(3)4)32(44)36-23/h7-8,10-11,17-18,23-26,28,34H,9,12-16H2,1-6H3,(H,35,41)(H,36,44)(H,37,42)(H,38,43)/t23-,24+,25+,26-,28+/m0/s1. The molecule has 2 aliphatic heterocycles. The number of carbonyl (C=O) groups excluding carboxylic acids is 6. The third kappa shape index (κ3) is 7.86. The van der Waals surface area contributed by atoms with Gasteiger partial charge >= 0.3 is 5.97 Å². The van der Waals surface area contributed by atoms with Gasteiger partial charge in [-0.15, -0.1) is 0 Å². The average Bonchev–Trinajstić information content (AvgIpc) is 3.61. The Kier molecular flexibility index (Phi) is 11.1. The van der Waals surface area contributed by atoms with E-state index in [1.807, 2.05) is 45.0 Å². The zero-order chi connectivity index (χ0) is 33.7. The van der Waals surface area contributed by atoms with Gasteiger partial charge in [-0.2, -0.15) is 0 Å². The Hall–Kier alpha value is -4.42. The van der Waals surface area contributed by atoms with Crippen LogP contribution in [0.3, 0.4) is 0 Å². The van der Waals surface area contributed by atoms with Crippen molar-refractivity contribution in [1.29, 1.82) is 0 Å². The Balaban J connectivity index is 1.79. The number of H-pyrrole nitrogens is 1. The van der Waals surface area contributed by atoms with Gasteiger partial charge in [-0.1, -0.05) is 45.9 Å². The first kappa shape index (κ1) is 34.5. The minimum absolute atomic E-state index is 0.00229. The molecule has 1 aromatic heterocycles. The molecule has 46 heavy (non-hydrogen) atoms. The number of nitrogens with one attached hydrogen (secondary N) is 5. The van der Waals surface area contributed by atoms with E-state index in [-0.39, 0.29) is 31.2 Å². The number of aryl methyl sites for hydroxylation is 1. The van der Waals surface area contributed by atoms with E-state index in [1.165, 1.54) is 12.0 Å². The number of methoxy groups -OCH3 is 1. The SMILES string of the molecule is COC(=O)C[C@H]1NC(=O)[C@@H](Cc2c(C)[nH]c3ccccc23)NC(=O)[C@H](CC(C)C)NC(=O)[C@@H](C(C)C)NC(=O)[C@@H]2CCCN2C1=O. The van der Waals surface area contributed by atoms with Crippen LogP contribution < -0.4 is 21.3 Å². The van der Waals surface area contributed by atoms with Crippen molar-refractivity contribution in [3.8, 4) is 0 Å². The van der Waals surface area contributed by atoms with E-state index in [9.17, 15) is 28.8 Å². The van der Waals surface area contributed by atoms with Crippen LogP contribution in [0, 0.1) is 18.8 Å². The minimum atomic E-state index is -1.35. The molecule has 0 saturated carbocycles. The van der Waals surface area contributed by atoms with Crippen molar-refractivity contribution in [2.75, 3.05) is 13.7 Å². The van der Waals surface area contributed by atoms with Crippen LogP contribution in [0.1, 0.15) is 64.6 Å². The summed E-state index contributed by atoms with van der Waals surface area (Å²) in [4.78, 5) is 86.1. The molecule has 0 radical (unpaired) electrons. The smallest absolute Gasteiger partial charge is 0.308 e. The molecule has 5 N–H and O–H groups in total. The highest BCUT2D eigenvalue weighted by Crippen LogP contribution is 2.24. The summed E-state index contributed by atoms with van der Waals surface area (Å²) in [5.74, 6) is -4.00. The van der Waals surface area contributed by atoms with E-state index < -0.39 is 72.1 Å². The molecule has 0 spiro atoms. The molecule has 13 heteroatoms. The van der Waals surface area contributed by atoms with Gasteiger partial charge in [-0.05, 0) is 49.7 Å². The molecule has 5 atom stereocenters. The Bertz CT molecular complexity index is 1480. The van der Waals surface area contributed by atoms with Crippen molar-refractivity contribution in [1.82, 2.24) is 31.2 Å². The van der Waals surface area contributed by atoms with Gasteiger partial charge in [0.25, 0.3) is 0 Å². The van der Waals surface area contributed by atoms with Crippen LogP contribution in [0.15, 0.2) is 24.3 Å². The first-order valence-electron chi connectivity index (χ1n) is 16.0. The fourth-order valence-corrected chi connectivity index (χ4v) is 6.26. The van der Waals surface area contributed by atoms with Gasteiger partial charge in [0.2, 0.25) is 29.5 Å². The number of esters is 1. The predicted octanol–water partition coefficient (Wildman–Crippen LogP) is 1.23. The lowest BCUT2D eigenvalue weighted by Gasteiger charge is -2.30. The molecular weight excluding hydrogens is 592 g/mol. The maximum Gasteiger partial charge on any atom is 0.308 e. The van der Waals surface area contributed by atoms with E-state index in [1.54, 1.807) is 13.8 Å². The van der Waals surface area contributed by atoms with Crippen LogP contribution in [0.5, 0.6) is 0 Å². The number of hydrogen-bond donors (Lipinski definition) is 5. The normalized spacial score (nSPS) is 25.0. The summed E-state index contributed by atoms with van der Waals surface area (Å²) in [6, 6.07) is 2.17. The van der Waals surface area contributed by atoms with Gasteiger partial charge in [0.05, 0.1) is 13.5 Å².